The number of carbonyl (C=O) groups excluding carboxylic acids is 1. The summed E-state index contributed by atoms with van der Waals surface area (Å²) in [5, 5.41) is 19.6. The topological polar surface area (TPSA) is 70.0 Å². The molecule has 1 aromatic rings. The van der Waals surface area contributed by atoms with Crippen LogP contribution in [0.2, 0.25) is 5.02 Å². The largest absolute Gasteiger partial charge is 0.394 e. The molecule has 2 unspecified atom stereocenters. The molecule has 24 heavy (non-hydrogen) atoms. The van der Waals surface area contributed by atoms with Gasteiger partial charge in [-0.1, -0.05) is 23.2 Å². The van der Waals surface area contributed by atoms with Crippen molar-refractivity contribution in [1.82, 2.24) is 4.90 Å². The molecule has 1 aromatic carbocycles. The second-order valence-corrected chi connectivity index (χ2v) is 7.25. The first kappa shape index (κ1) is 17.7. The minimum atomic E-state index is -0.388. The van der Waals surface area contributed by atoms with Gasteiger partial charge in [0.25, 0.3) is 5.91 Å². The Morgan fingerprint density at radius 3 is 2.75 bits per heavy atom. The van der Waals surface area contributed by atoms with E-state index in [1.165, 1.54) is 0 Å². The Hall–Kier alpha value is -1.14. The van der Waals surface area contributed by atoms with E-state index in [9.17, 15) is 9.90 Å². The van der Waals surface area contributed by atoms with Crippen LogP contribution in [0.25, 0.3) is 0 Å². The molecule has 2 atom stereocenters. The lowest BCUT2D eigenvalue weighted by atomic mass is 9.58. The van der Waals surface area contributed by atoms with Crippen molar-refractivity contribution in [3.8, 4) is 0 Å². The number of hydrogen-bond donors (Lipinski definition) is 2. The van der Waals surface area contributed by atoms with Gasteiger partial charge in [0.15, 0.2) is 0 Å². The number of aliphatic hydroxyl groups excluding tert-OH is 2. The summed E-state index contributed by atoms with van der Waals surface area (Å²) in [4.78, 5) is 14.5. The molecule has 2 N–H and O–H groups in total. The average molecular weight is 354 g/mol. The summed E-state index contributed by atoms with van der Waals surface area (Å²) in [7, 11) is 0. The monoisotopic (exact) mass is 353 g/mol. The minimum Gasteiger partial charge on any atom is -0.394 e. The van der Waals surface area contributed by atoms with Crippen LogP contribution in [-0.2, 0) is 4.74 Å². The predicted molar refractivity (Wildman–Crippen MR) is 91.2 cm³/mol. The van der Waals surface area contributed by atoms with Gasteiger partial charge in [-0.25, -0.2) is 0 Å². The lowest BCUT2D eigenvalue weighted by molar-refractivity contribution is -0.211. The van der Waals surface area contributed by atoms with Gasteiger partial charge in [-0.15, -0.1) is 0 Å². The number of aryl methyl sites for hydroxylation is 1. The Balaban J connectivity index is 1.66. The molecule has 1 aliphatic heterocycles. The van der Waals surface area contributed by atoms with Crippen LogP contribution < -0.4 is 0 Å². The zero-order chi connectivity index (χ0) is 17.3. The number of carbonyl (C=O) groups is 1. The number of ether oxygens (including phenoxy) is 1. The molecule has 2 fully saturated rings. The molecule has 1 saturated carbocycles. The van der Waals surface area contributed by atoms with Gasteiger partial charge in [0.1, 0.15) is 0 Å². The van der Waals surface area contributed by atoms with E-state index in [0.717, 1.165) is 5.56 Å². The number of nitrogens with zero attached hydrogens (tertiary/aromatic N) is 1. The van der Waals surface area contributed by atoms with Crippen LogP contribution in [0, 0.1) is 12.3 Å². The molecule has 1 spiro atoms. The summed E-state index contributed by atoms with van der Waals surface area (Å²) in [6.45, 7) is 3.38. The highest BCUT2D eigenvalue weighted by atomic mass is 35.5. The maximum Gasteiger partial charge on any atom is 0.255 e. The summed E-state index contributed by atoms with van der Waals surface area (Å²) in [5.41, 5.74) is 1.26. The van der Waals surface area contributed by atoms with Gasteiger partial charge in [-0.3, -0.25) is 4.79 Å². The summed E-state index contributed by atoms with van der Waals surface area (Å²) >= 11 is 6.18. The van der Waals surface area contributed by atoms with E-state index in [0.29, 0.717) is 49.5 Å². The Labute approximate surface area is 147 Å². The van der Waals surface area contributed by atoms with E-state index in [2.05, 4.69) is 0 Å². The highest BCUT2D eigenvalue weighted by Crippen LogP contribution is 2.51. The zero-order valence-corrected chi connectivity index (χ0v) is 14.6. The number of hydrogen-bond acceptors (Lipinski definition) is 4. The quantitative estimate of drug-likeness (QED) is 0.868. The number of halogens is 1. The third kappa shape index (κ3) is 3.06. The van der Waals surface area contributed by atoms with Crippen molar-refractivity contribution < 1.29 is 19.7 Å². The Morgan fingerprint density at radius 1 is 1.42 bits per heavy atom. The van der Waals surface area contributed by atoms with Gasteiger partial charge in [0.05, 0.1) is 36.0 Å². The van der Waals surface area contributed by atoms with E-state index >= 15 is 0 Å². The maximum absolute atomic E-state index is 12.7. The third-order valence-corrected chi connectivity index (χ3v) is 5.82. The number of amides is 1. The number of benzene rings is 1. The Kier molecular flexibility index (Phi) is 5.16. The number of rotatable bonds is 4. The molecular formula is C18H24ClNO4. The van der Waals surface area contributed by atoms with E-state index in [1.807, 2.05) is 19.1 Å². The maximum atomic E-state index is 12.7. The molecule has 0 radical (unpaired) electrons. The zero-order valence-electron chi connectivity index (χ0n) is 13.9. The minimum absolute atomic E-state index is 0.0147. The fourth-order valence-electron chi connectivity index (χ4n) is 3.91. The molecular weight excluding hydrogens is 330 g/mol. The molecule has 1 saturated heterocycles. The summed E-state index contributed by atoms with van der Waals surface area (Å²) in [5.74, 6) is -0.0554. The highest BCUT2D eigenvalue weighted by Gasteiger charge is 2.56. The molecule has 1 heterocycles. The molecule has 0 bridgehead atoms. The van der Waals surface area contributed by atoms with Gasteiger partial charge >= 0.3 is 0 Å². The van der Waals surface area contributed by atoms with Crippen molar-refractivity contribution in [2.45, 2.75) is 38.4 Å². The lowest BCUT2D eigenvalue weighted by Crippen LogP contribution is -2.62. The number of piperidine rings is 1. The summed E-state index contributed by atoms with van der Waals surface area (Å²) < 4.78 is 5.67. The molecule has 5 nitrogen and oxygen atoms in total. The van der Waals surface area contributed by atoms with Crippen molar-refractivity contribution in [2.75, 3.05) is 26.3 Å². The standard InChI is InChI=1S/C18H24ClNO4/c1-12-2-3-14(19)13(10-12)17(23)20-6-4-18(5-7-20)15(22)11-16(18)24-9-8-21/h2-3,10,15-16,21-22H,4-9,11H2,1H3. The SMILES string of the molecule is Cc1ccc(Cl)c(C(=O)N2CCC3(CC2)C(O)CC3OCCO)c1. The first-order valence-electron chi connectivity index (χ1n) is 8.44. The van der Waals surface area contributed by atoms with Crippen LogP contribution in [-0.4, -0.2) is 59.5 Å². The van der Waals surface area contributed by atoms with E-state index < -0.39 is 0 Å². The predicted octanol–water partition coefficient (Wildman–Crippen LogP) is 2.01. The van der Waals surface area contributed by atoms with E-state index in [4.69, 9.17) is 21.4 Å². The normalized spacial score (nSPS) is 25.6. The van der Waals surface area contributed by atoms with Crippen LogP contribution in [0.5, 0.6) is 0 Å². The molecule has 0 aromatic heterocycles. The molecule has 1 amide bonds. The average Bonchev–Trinajstić information content (AvgIpc) is 2.60. The smallest absolute Gasteiger partial charge is 0.255 e. The summed E-state index contributed by atoms with van der Waals surface area (Å²) in [6, 6.07) is 5.46. The van der Waals surface area contributed by atoms with Crippen LogP contribution in [0.3, 0.4) is 0 Å². The van der Waals surface area contributed by atoms with Crippen LogP contribution in [0.15, 0.2) is 18.2 Å². The Bertz CT molecular complexity index is 613. The number of aliphatic hydroxyl groups is 2. The van der Waals surface area contributed by atoms with E-state index in [-0.39, 0.29) is 30.1 Å². The number of likely N-dealkylation sites (tertiary alicyclic amines) is 1. The first-order valence-corrected chi connectivity index (χ1v) is 8.81. The van der Waals surface area contributed by atoms with Crippen molar-refractivity contribution in [3.05, 3.63) is 34.3 Å². The molecule has 132 valence electrons. The summed E-state index contributed by atoms with van der Waals surface area (Å²) in [6.07, 6.45) is 1.61. The van der Waals surface area contributed by atoms with Crippen molar-refractivity contribution in [3.63, 3.8) is 0 Å². The van der Waals surface area contributed by atoms with E-state index in [1.54, 1.807) is 11.0 Å². The van der Waals surface area contributed by atoms with Crippen molar-refractivity contribution in [2.24, 2.45) is 5.41 Å². The molecule has 2 aliphatic rings. The first-order chi connectivity index (χ1) is 11.5. The molecule has 6 heteroatoms. The van der Waals surface area contributed by atoms with Crippen LogP contribution >= 0.6 is 11.6 Å². The van der Waals surface area contributed by atoms with Gasteiger partial charge in [0, 0.05) is 24.9 Å². The van der Waals surface area contributed by atoms with Crippen molar-refractivity contribution in [1.29, 1.82) is 0 Å². The highest BCUT2D eigenvalue weighted by molar-refractivity contribution is 6.33. The van der Waals surface area contributed by atoms with Crippen LogP contribution in [0.4, 0.5) is 0 Å². The second-order valence-electron chi connectivity index (χ2n) is 6.84. The Morgan fingerprint density at radius 2 is 2.12 bits per heavy atom. The fourth-order valence-corrected chi connectivity index (χ4v) is 4.11. The van der Waals surface area contributed by atoms with Crippen LogP contribution in [0.1, 0.15) is 35.2 Å². The second kappa shape index (κ2) is 7.00. The van der Waals surface area contributed by atoms with Gasteiger partial charge in [-0.05, 0) is 31.9 Å². The fraction of sp³-hybridized carbons (Fsp3) is 0.611. The van der Waals surface area contributed by atoms with Gasteiger partial charge in [0.2, 0.25) is 0 Å². The van der Waals surface area contributed by atoms with Gasteiger partial charge < -0.3 is 19.8 Å². The lowest BCUT2D eigenvalue weighted by Gasteiger charge is -2.56. The molecule has 3 rings (SSSR count). The van der Waals surface area contributed by atoms with Crippen molar-refractivity contribution >= 4 is 17.5 Å². The third-order valence-electron chi connectivity index (χ3n) is 5.49. The van der Waals surface area contributed by atoms with Gasteiger partial charge in [-0.2, -0.15) is 0 Å². The molecule has 1 aliphatic carbocycles.